The minimum absolute atomic E-state index is 0.225. The van der Waals surface area contributed by atoms with Crippen LogP contribution in [0.2, 0.25) is 0 Å². The molecular weight excluding hydrogens is 256 g/mol. The Hall–Kier alpha value is -2.17. The molecule has 0 radical (unpaired) electrons. The van der Waals surface area contributed by atoms with Gasteiger partial charge in [-0.25, -0.2) is 4.79 Å². The minimum Gasteiger partial charge on any atom is -0.508 e. The number of fused-ring (bicyclic) bond motifs is 1. The Morgan fingerprint density at radius 3 is 3.00 bits per heavy atom. The van der Waals surface area contributed by atoms with Crippen LogP contribution in [-0.4, -0.2) is 29.3 Å². The molecule has 2 aliphatic rings. The lowest BCUT2D eigenvalue weighted by molar-refractivity contribution is -0.139. The van der Waals surface area contributed by atoms with Crippen LogP contribution in [0.3, 0.4) is 0 Å². The summed E-state index contributed by atoms with van der Waals surface area (Å²) >= 11 is 0. The zero-order valence-electron chi connectivity index (χ0n) is 11.4. The summed E-state index contributed by atoms with van der Waals surface area (Å²) in [5.74, 6) is 0.296. The molecule has 1 aromatic carbocycles. The number of benzene rings is 1. The average molecular weight is 274 g/mol. The summed E-state index contributed by atoms with van der Waals surface area (Å²) in [7, 11) is 1.91. The Morgan fingerprint density at radius 2 is 2.25 bits per heavy atom. The van der Waals surface area contributed by atoms with Crippen LogP contribution in [-0.2, 0) is 11.2 Å². The van der Waals surface area contributed by atoms with E-state index in [1.807, 2.05) is 18.0 Å². The van der Waals surface area contributed by atoms with Gasteiger partial charge in [-0.3, -0.25) is 0 Å². The fourth-order valence-corrected chi connectivity index (χ4v) is 3.03. The molecule has 0 amide bonds. The summed E-state index contributed by atoms with van der Waals surface area (Å²) in [5.41, 5.74) is 3.34. The molecule has 0 spiro atoms. The van der Waals surface area contributed by atoms with Crippen LogP contribution in [0, 0.1) is 0 Å². The summed E-state index contributed by atoms with van der Waals surface area (Å²) < 4.78 is 0. The Balaban J connectivity index is 1.98. The maximum Gasteiger partial charge on any atom is 0.326 e. The maximum atomic E-state index is 11.2. The third-order valence-electron chi connectivity index (χ3n) is 4.08. The molecule has 20 heavy (non-hydrogen) atoms. The van der Waals surface area contributed by atoms with E-state index in [-0.39, 0.29) is 5.75 Å². The second-order valence-electron chi connectivity index (χ2n) is 5.43. The number of hydrogen-bond donors (Lipinski definition) is 3. The summed E-state index contributed by atoms with van der Waals surface area (Å²) in [4.78, 5) is 13.2. The van der Waals surface area contributed by atoms with Gasteiger partial charge in [0.1, 0.15) is 17.6 Å². The lowest BCUT2D eigenvalue weighted by atomic mass is 9.95. The van der Waals surface area contributed by atoms with Gasteiger partial charge in [0.05, 0.1) is 0 Å². The number of aromatic hydroxyl groups is 1. The first kappa shape index (κ1) is 12.8. The molecule has 0 saturated carbocycles. The molecule has 0 aromatic heterocycles. The van der Waals surface area contributed by atoms with Crippen molar-refractivity contribution in [2.75, 3.05) is 11.9 Å². The highest BCUT2D eigenvalue weighted by molar-refractivity contribution is 5.74. The van der Waals surface area contributed by atoms with Crippen molar-refractivity contribution in [3.63, 3.8) is 0 Å². The number of carboxylic acid groups (broad SMARTS) is 1. The number of phenols is 1. The SMILES string of the molecule is CN1C2=C(CCCC(C(=O)O)N2)Cc2ccc(O)cc21. The fourth-order valence-electron chi connectivity index (χ4n) is 3.03. The van der Waals surface area contributed by atoms with E-state index in [9.17, 15) is 15.0 Å². The molecule has 3 rings (SSSR count). The maximum absolute atomic E-state index is 11.2. The largest absolute Gasteiger partial charge is 0.508 e. The molecule has 3 N–H and O–H groups in total. The van der Waals surface area contributed by atoms with Crippen LogP contribution >= 0.6 is 0 Å². The Morgan fingerprint density at radius 1 is 1.45 bits per heavy atom. The molecule has 106 valence electrons. The third-order valence-corrected chi connectivity index (χ3v) is 4.08. The van der Waals surface area contributed by atoms with Crippen molar-refractivity contribution >= 4 is 11.7 Å². The number of anilines is 1. The molecule has 0 fully saturated rings. The molecule has 2 heterocycles. The van der Waals surface area contributed by atoms with Crippen molar-refractivity contribution in [2.24, 2.45) is 0 Å². The lowest BCUT2D eigenvalue weighted by Gasteiger charge is -2.33. The van der Waals surface area contributed by atoms with Gasteiger partial charge < -0.3 is 20.4 Å². The van der Waals surface area contributed by atoms with Crippen molar-refractivity contribution < 1.29 is 15.0 Å². The topological polar surface area (TPSA) is 72.8 Å². The zero-order valence-corrected chi connectivity index (χ0v) is 11.4. The lowest BCUT2D eigenvalue weighted by Crippen LogP contribution is -2.42. The van der Waals surface area contributed by atoms with Gasteiger partial charge in [-0.05, 0) is 42.9 Å². The molecule has 1 unspecified atom stereocenters. The highest BCUT2D eigenvalue weighted by Crippen LogP contribution is 2.36. The van der Waals surface area contributed by atoms with E-state index in [0.29, 0.717) is 6.42 Å². The number of allylic oxidation sites excluding steroid dienone is 1. The number of nitrogens with one attached hydrogen (secondary N) is 1. The van der Waals surface area contributed by atoms with Crippen molar-refractivity contribution in [3.05, 3.63) is 35.2 Å². The minimum atomic E-state index is -0.811. The number of aliphatic carboxylic acids is 1. The molecular formula is C15H18N2O3. The van der Waals surface area contributed by atoms with E-state index >= 15 is 0 Å². The summed E-state index contributed by atoms with van der Waals surface area (Å²) in [6.07, 6.45) is 3.24. The molecule has 2 aliphatic heterocycles. The Labute approximate surface area is 117 Å². The van der Waals surface area contributed by atoms with Gasteiger partial charge in [-0.2, -0.15) is 0 Å². The predicted octanol–water partition coefficient (Wildman–Crippen LogP) is 1.82. The van der Waals surface area contributed by atoms with Gasteiger partial charge in [-0.15, -0.1) is 0 Å². The highest BCUT2D eigenvalue weighted by Gasteiger charge is 2.29. The monoisotopic (exact) mass is 274 g/mol. The number of nitrogens with zero attached hydrogens (tertiary/aromatic N) is 1. The Kier molecular flexibility index (Phi) is 3.04. The molecule has 5 heteroatoms. The first-order valence-corrected chi connectivity index (χ1v) is 6.83. The van der Waals surface area contributed by atoms with Gasteiger partial charge in [0.15, 0.2) is 0 Å². The van der Waals surface area contributed by atoms with Gasteiger partial charge >= 0.3 is 5.97 Å². The van der Waals surface area contributed by atoms with Crippen molar-refractivity contribution in [3.8, 4) is 5.75 Å². The van der Waals surface area contributed by atoms with Crippen LogP contribution in [0.15, 0.2) is 29.6 Å². The van der Waals surface area contributed by atoms with Crippen LogP contribution in [0.4, 0.5) is 5.69 Å². The predicted molar refractivity (Wildman–Crippen MR) is 75.7 cm³/mol. The van der Waals surface area contributed by atoms with Gasteiger partial charge in [-0.1, -0.05) is 6.07 Å². The average Bonchev–Trinajstić information content (AvgIpc) is 2.62. The van der Waals surface area contributed by atoms with Crippen LogP contribution < -0.4 is 10.2 Å². The third kappa shape index (κ3) is 2.09. The zero-order chi connectivity index (χ0) is 14.3. The molecule has 1 atom stereocenters. The summed E-state index contributed by atoms with van der Waals surface area (Å²) in [5, 5.41) is 22.0. The first-order chi connectivity index (χ1) is 9.56. The quantitative estimate of drug-likeness (QED) is 0.728. The van der Waals surface area contributed by atoms with Gasteiger partial charge in [0.2, 0.25) is 0 Å². The second-order valence-corrected chi connectivity index (χ2v) is 5.43. The molecule has 0 bridgehead atoms. The molecule has 5 nitrogen and oxygen atoms in total. The second kappa shape index (κ2) is 4.74. The number of carbonyl (C=O) groups is 1. The van der Waals surface area contributed by atoms with Crippen LogP contribution in [0.25, 0.3) is 0 Å². The fraction of sp³-hybridized carbons (Fsp3) is 0.400. The van der Waals surface area contributed by atoms with Gasteiger partial charge in [0, 0.05) is 18.8 Å². The van der Waals surface area contributed by atoms with Crippen molar-refractivity contribution in [1.29, 1.82) is 0 Å². The van der Waals surface area contributed by atoms with E-state index in [2.05, 4.69) is 5.32 Å². The molecule has 0 aliphatic carbocycles. The van der Waals surface area contributed by atoms with E-state index in [1.54, 1.807) is 12.1 Å². The van der Waals surface area contributed by atoms with E-state index in [4.69, 9.17) is 0 Å². The van der Waals surface area contributed by atoms with Gasteiger partial charge in [0.25, 0.3) is 0 Å². The Bertz CT molecular complexity index is 595. The smallest absolute Gasteiger partial charge is 0.326 e. The molecule has 0 saturated heterocycles. The number of rotatable bonds is 1. The van der Waals surface area contributed by atoms with Crippen LogP contribution in [0.5, 0.6) is 5.75 Å². The summed E-state index contributed by atoms with van der Waals surface area (Å²) in [6.45, 7) is 0. The van der Waals surface area contributed by atoms with E-state index in [0.717, 1.165) is 30.8 Å². The van der Waals surface area contributed by atoms with Crippen molar-refractivity contribution in [1.82, 2.24) is 5.32 Å². The first-order valence-electron chi connectivity index (χ1n) is 6.83. The standard InChI is InChI=1S/C15H18N2O3/c1-17-13-8-11(18)6-5-9(13)7-10-3-2-4-12(15(19)20)16-14(10)17/h5-6,8,12,16,18H,2-4,7H2,1H3,(H,19,20). The normalized spacial score (nSPS) is 21.6. The summed E-state index contributed by atoms with van der Waals surface area (Å²) in [6, 6.07) is 4.82. The van der Waals surface area contributed by atoms with E-state index in [1.165, 1.54) is 11.1 Å². The number of phenolic OH excluding ortho intramolecular Hbond substituents is 1. The van der Waals surface area contributed by atoms with Crippen molar-refractivity contribution in [2.45, 2.75) is 31.7 Å². The van der Waals surface area contributed by atoms with Crippen LogP contribution in [0.1, 0.15) is 24.8 Å². The van der Waals surface area contributed by atoms with E-state index < -0.39 is 12.0 Å². The number of carboxylic acids is 1. The highest BCUT2D eigenvalue weighted by atomic mass is 16.4. The molecule has 1 aromatic rings. The number of hydrogen-bond acceptors (Lipinski definition) is 4.